The zero-order chi connectivity index (χ0) is 13.2. The first-order valence-electron chi connectivity index (χ1n) is 7.77. The maximum atomic E-state index is 3.84. The molecule has 0 radical (unpaired) electrons. The van der Waals surface area contributed by atoms with Gasteiger partial charge in [-0.15, -0.1) is 11.3 Å². The van der Waals surface area contributed by atoms with E-state index in [0.717, 1.165) is 23.8 Å². The van der Waals surface area contributed by atoms with Gasteiger partial charge in [0.15, 0.2) is 0 Å². The van der Waals surface area contributed by atoms with E-state index in [0.29, 0.717) is 0 Å². The van der Waals surface area contributed by atoms with Gasteiger partial charge < -0.3 is 5.32 Å². The Kier molecular flexibility index (Phi) is 4.66. The lowest BCUT2D eigenvalue weighted by molar-refractivity contribution is 0.430. The molecule has 106 valence electrons. The monoisotopic (exact) mass is 341 g/mol. The van der Waals surface area contributed by atoms with Gasteiger partial charge in [0.25, 0.3) is 0 Å². The highest BCUT2D eigenvalue weighted by molar-refractivity contribution is 9.11. The van der Waals surface area contributed by atoms with Crippen molar-refractivity contribution in [2.24, 2.45) is 17.8 Å². The van der Waals surface area contributed by atoms with Crippen LogP contribution in [0.25, 0.3) is 0 Å². The minimum absolute atomic E-state index is 0.721. The third-order valence-electron chi connectivity index (χ3n) is 4.89. The van der Waals surface area contributed by atoms with Crippen LogP contribution in [0.1, 0.15) is 43.9 Å². The lowest BCUT2D eigenvalue weighted by Crippen LogP contribution is -2.34. The molecule has 1 nitrogen and oxygen atoms in total. The predicted octanol–water partition coefficient (Wildman–Crippen LogP) is 4.86. The van der Waals surface area contributed by atoms with E-state index in [9.17, 15) is 0 Å². The number of fused-ring (bicyclic) bond motifs is 1. The average Bonchev–Trinajstić information content (AvgIpc) is 3.01. The quantitative estimate of drug-likeness (QED) is 0.779. The van der Waals surface area contributed by atoms with E-state index in [2.05, 4.69) is 40.3 Å². The van der Waals surface area contributed by atoms with Crippen LogP contribution in [0.2, 0.25) is 0 Å². The van der Waals surface area contributed by atoms with E-state index in [4.69, 9.17) is 0 Å². The van der Waals surface area contributed by atoms with E-state index < -0.39 is 0 Å². The summed E-state index contributed by atoms with van der Waals surface area (Å²) in [5.74, 6) is 3.06. The number of thiophene rings is 1. The Morgan fingerprint density at radius 2 is 2.05 bits per heavy atom. The van der Waals surface area contributed by atoms with Crippen molar-refractivity contribution >= 4 is 27.3 Å². The van der Waals surface area contributed by atoms with Gasteiger partial charge in [-0.1, -0.05) is 19.8 Å². The topological polar surface area (TPSA) is 12.0 Å². The molecule has 0 amide bonds. The van der Waals surface area contributed by atoms with E-state index >= 15 is 0 Å². The van der Waals surface area contributed by atoms with Gasteiger partial charge in [-0.3, -0.25) is 0 Å². The highest BCUT2D eigenvalue weighted by atomic mass is 79.9. The second-order valence-corrected chi connectivity index (χ2v) is 8.71. The second-order valence-electron chi connectivity index (χ2n) is 6.16. The van der Waals surface area contributed by atoms with Gasteiger partial charge in [0.1, 0.15) is 0 Å². The number of hydrogen-bond donors (Lipinski definition) is 1. The molecule has 1 aromatic rings. The molecule has 0 spiro atoms. The van der Waals surface area contributed by atoms with Gasteiger partial charge in [0, 0.05) is 10.9 Å². The Hall–Kier alpha value is 0.140. The molecule has 3 unspecified atom stereocenters. The van der Waals surface area contributed by atoms with Crippen LogP contribution < -0.4 is 5.32 Å². The van der Waals surface area contributed by atoms with Crippen LogP contribution in [0.3, 0.4) is 0 Å². The van der Waals surface area contributed by atoms with E-state index in [1.807, 2.05) is 11.3 Å². The van der Waals surface area contributed by atoms with Crippen LogP contribution in [-0.2, 0) is 6.42 Å². The van der Waals surface area contributed by atoms with Gasteiger partial charge >= 0.3 is 0 Å². The van der Waals surface area contributed by atoms with Crippen molar-refractivity contribution in [1.29, 1.82) is 0 Å². The summed E-state index contributed by atoms with van der Waals surface area (Å²) in [5.41, 5.74) is 0. The molecule has 1 N–H and O–H groups in total. The van der Waals surface area contributed by atoms with Crippen molar-refractivity contribution in [3.63, 3.8) is 0 Å². The number of nitrogens with one attached hydrogen (secondary N) is 1. The zero-order valence-electron chi connectivity index (χ0n) is 11.7. The van der Waals surface area contributed by atoms with Crippen LogP contribution >= 0.6 is 27.3 Å². The summed E-state index contributed by atoms with van der Waals surface area (Å²) in [6, 6.07) is 5.21. The van der Waals surface area contributed by atoms with Crippen molar-refractivity contribution in [1.82, 2.24) is 5.32 Å². The van der Waals surface area contributed by atoms with Crippen molar-refractivity contribution in [3.05, 3.63) is 20.8 Å². The Balaban J connectivity index is 1.64. The Labute approximate surface area is 129 Å². The van der Waals surface area contributed by atoms with Gasteiger partial charge in [0.2, 0.25) is 0 Å². The average molecular weight is 342 g/mol. The molecule has 0 aliphatic heterocycles. The normalized spacial score (nSPS) is 30.9. The summed E-state index contributed by atoms with van der Waals surface area (Å²) >= 11 is 5.49. The Morgan fingerprint density at radius 3 is 2.63 bits per heavy atom. The molecule has 1 aromatic heterocycles. The molecule has 2 aliphatic rings. The summed E-state index contributed by atoms with van der Waals surface area (Å²) in [4.78, 5) is 1.53. The van der Waals surface area contributed by atoms with Crippen LogP contribution in [0, 0.1) is 17.8 Å². The van der Waals surface area contributed by atoms with Crippen LogP contribution in [0.5, 0.6) is 0 Å². The highest BCUT2D eigenvalue weighted by Crippen LogP contribution is 2.57. The van der Waals surface area contributed by atoms with Gasteiger partial charge in [0.05, 0.1) is 3.79 Å². The van der Waals surface area contributed by atoms with E-state index in [-0.39, 0.29) is 0 Å². The van der Waals surface area contributed by atoms with Gasteiger partial charge in [-0.2, -0.15) is 0 Å². The van der Waals surface area contributed by atoms with Crippen LogP contribution in [-0.4, -0.2) is 12.6 Å². The van der Waals surface area contributed by atoms with E-state index in [1.165, 1.54) is 53.7 Å². The van der Waals surface area contributed by atoms with Crippen molar-refractivity contribution in [2.75, 3.05) is 6.54 Å². The first-order chi connectivity index (χ1) is 9.29. The molecule has 3 atom stereocenters. The van der Waals surface area contributed by atoms with Crippen LogP contribution in [0.4, 0.5) is 0 Å². The molecule has 3 rings (SSSR count). The standard InChI is InChI=1S/C16H24BrNS/c1-2-9-18-14(10-11-7-8-15(17)19-11)16-12-5-3-4-6-13(12)16/h7-8,12-14,16,18H,2-6,9-10H2,1H3. The summed E-state index contributed by atoms with van der Waals surface area (Å²) in [5, 5.41) is 3.84. The first kappa shape index (κ1) is 14.1. The molecular formula is C16H24BrNS. The highest BCUT2D eigenvalue weighted by Gasteiger charge is 2.53. The summed E-state index contributed by atoms with van der Waals surface area (Å²) in [7, 11) is 0. The maximum absolute atomic E-state index is 3.84. The molecule has 0 saturated heterocycles. The molecule has 1 heterocycles. The summed E-state index contributed by atoms with van der Waals surface area (Å²) < 4.78 is 1.27. The fraction of sp³-hybridized carbons (Fsp3) is 0.750. The Morgan fingerprint density at radius 1 is 1.32 bits per heavy atom. The number of rotatable bonds is 6. The molecule has 0 aromatic carbocycles. The smallest absolute Gasteiger partial charge is 0.0701 e. The predicted molar refractivity (Wildman–Crippen MR) is 86.7 cm³/mol. The molecular weight excluding hydrogens is 318 g/mol. The lowest BCUT2D eigenvalue weighted by Gasteiger charge is -2.18. The van der Waals surface area contributed by atoms with E-state index in [1.54, 1.807) is 0 Å². The largest absolute Gasteiger partial charge is 0.313 e. The molecule has 19 heavy (non-hydrogen) atoms. The van der Waals surface area contributed by atoms with Gasteiger partial charge in [-0.05, 0) is 78.0 Å². The minimum atomic E-state index is 0.721. The minimum Gasteiger partial charge on any atom is -0.313 e. The molecule has 3 heteroatoms. The Bertz CT molecular complexity index is 405. The molecule has 2 fully saturated rings. The third kappa shape index (κ3) is 3.25. The summed E-state index contributed by atoms with van der Waals surface area (Å²) in [6.07, 6.45) is 8.41. The molecule has 0 bridgehead atoms. The fourth-order valence-corrected chi connectivity index (χ4v) is 5.54. The SMILES string of the molecule is CCCNC(Cc1ccc(Br)s1)C1C2CCCCC21. The van der Waals surface area contributed by atoms with Crippen LogP contribution in [0.15, 0.2) is 15.9 Å². The number of halogens is 1. The van der Waals surface area contributed by atoms with Crippen molar-refractivity contribution in [3.8, 4) is 0 Å². The zero-order valence-corrected chi connectivity index (χ0v) is 14.1. The third-order valence-corrected chi connectivity index (χ3v) is 6.54. The van der Waals surface area contributed by atoms with Crippen molar-refractivity contribution in [2.45, 2.75) is 51.5 Å². The lowest BCUT2D eigenvalue weighted by atomic mass is 10.0. The first-order valence-corrected chi connectivity index (χ1v) is 9.38. The number of hydrogen-bond acceptors (Lipinski definition) is 2. The summed E-state index contributed by atoms with van der Waals surface area (Å²) in [6.45, 7) is 3.44. The molecule has 2 aliphatic carbocycles. The molecule has 2 saturated carbocycles. The maximum Gasteiger partial charge on any atom is 0.0701 e. The second kappa shape index (κ2) is 6.28. The van der Waals surface area contributed by atoms with Gasteiger partial charge in [-0.25, -0.2) is 0 Å². The fourth-order valence-electron chi connectivity index (χ4n) is 4.00. The van der Waals surface area contributed by atoms with Crippen molar-refractivity contribution < 1.29 is 0 Å².